The molecule has 48 heavy (non-hydrogen) atoms. The molecule has 3 N–H and O–H groups in total. The lowest BCUT2D eigenvalue weighted by Crippen LogP contribution is -2.42. The molecule has 2 amide bonds. The Bertz CT molecular complexity index is 1590. The second-order valence-electron chi connectivity index (χ2n) is 11.6. The molecule has 0 heterocycles. The zero-order chi connectivity index (χ0) is 34.1. The molecule has 0 aliphatic carbocycles. The summed E-state index contributed by atoms with van der Waals surface area (Å²) in [5, 5.41) is 15.2. The fourth-order valence-electron chi connectivity index (χ4n) is 4.98. The van der Waals surface area contributed by atoms with Crippen LogP contribution in [-0.2, 0) is 29.0 Å². The molecule has 4 aromatic rings. The number of carbonyl (C=O) groups is 3. The molecule has 9 heteroatoms. The number of anilines is 1. The molecule has 9 nitrogen and oxygen atoms in total. The summed E-state index contributed by atoms with van der Waals surface area (Å²) in [5.41, 5.74) is 3.38. The normalized spacial score (nSPS) is 11.3. The van der Waals surface area contributed by atoms with Gasteiger partial charge >= 0.3 is 5.97 Å². The van der Waals surface area contributed by atoms with E-state index in [0.717, 1.165) is 35.5 Å². The maximum atomic E-state index is 12.9. The van der Waals surface area contributed by atoms with E-state index in [0.29, 0.717) is 23.8 Å². The van der Waals surface area contributed by atoms with Crippen molar-refractivity contribution in [1.29, 1.82) is 0 Å². The Labute approximate surface area is 282 Å². The van der Waals surface area contributed by atoms with Gasteiger partial charge in [-0.15, -0.1) is 0 Å². The SMILES string of the molecule is CCCCCCCOc1ccc(COc2ccc(CC(NC(=O)c3ccc(NC(=O)Cc4ccc(OC)cc4)cc3)C(=O)O)cc2)cc1. The Kier molecular flexibility index (Phi) is 13.9. The lowest BCUT2D eigenvalue weighted by Gasteiger charge is -2.15. The summed E-state index contributed by atoms with van der Waals surface area (Å²) in [4.78, 5) is 37.3. The minimum Gasteiger partial charge on any atom is -0.497 e. The molecule has 4 aromatic carbocycles. The highest BCUT2D eigenvalue weighted by Crippen LogP contribution is 2.19. The van der Waals surface area contributed by atoms with Gasteiger partial charge in [-0.1, -0.05) is 69.0 Å². The topological polar surface area (TPSA) is 123 Å². The molecule has 1 atom stereocenters. The highest BCUT2D eigenvalue weighted by atomic mass is 16.5. The smallest absolute Gasteiger partial charge is 0.326 e. The Morgan fingerprint density at radius 1 is 0.688 bits per heavy atom. The van der Waals surface area contributed by atoms with E-state index in [2.05, 4.69) is 17.6 Å². The van der Waals surface area contributed by atoms with Crippen molar-refractivity contribution in [2.75, 3.05) is 19.0 Å². The average molecular weight is 653 g/mol. The van der Waals surface area contributed by atoms with Gasteiger partial charge in [-0.3, -0.25) is 9.59 Å². The van der Waals surface area contributed by atoms with Crippen LogP contribution in [0.2, 0.25) is 0 Å². The summed E-state index contributed by atoms with van der Waals surface area (Å²) in [6.45, 7) is 3.31. The number of carbonyl (C=O) groups excluding carboxylic acids is 2. The number of hydrogen-bond acceptors (Lipinski definition) is 6. The van der Waals surface area contributed by atoms with Crippen molar-refractivity contribution >= 4 is 23.5 Å². The Hall–Kier alpha value is -5.31. The molecule has 0 radical (unpaired) electrons. The van der Waals surface area contributed by atoms with Gasteiger partial charge in [0.25, 0.3) is 5.91 Å². The number of amides is 2. The molecule has 0 spiro atoms. The quantitative estimate of drug-likeness (QED) is 0.0914. The Morgan fingerprint density at radius 2 is 1.27 bits per heavy atom. The van der Waals surface area contributed by atoms with Gasteiger partial charge in [-0.25, -0.2) is 4.79 Å². The van der Waals surface area contributed by atoms with Gasteiger partial charge in [0.2, 0.25) is 5.91 Å². The van der Waals surface area contributed by atoms with E-state index in [-0.39, 0.29) is 24.3 Å². The van der Waals surface area contributed by atoms with E-state index in [1.54, 1.807) is 67.8 Å². The van der Waals surface area contributed by atoms with Crippen LogP contribution in [0, 0.1) is 0 Å². The summed E-state index contributed by atoms with van der Waals surface area (Å²) in [6.07, 6.45) is 6.28. The van der Waals surface area contributed by atoms with Gasteiger partial charge in [0.15, 0.2) is 0 Å². The molecule has 0 saturated carbocycles. The number of methoxy groups -OCH3 is 1. The lowest BCUT2D eigenvalue weighted by atomic mass is 10.0. The first-order valence-electron chi connectivity index (χ1n) is 16.3. The fraction of sp³-hybridized carbons (Fsp3) is 0.308. The molecule has 0 bridgehead atoms. The second kappa shape index (κ2) is 18.7. The monoisotopic (exact) mass is 652 g/mol. The second-order valence-corrected chi connectivity index (χ2v) is 11.6. The molecule has 0 aliphatic rings. The molecule has 0 aliphatic heterocycles. The number of ether oxygens (including phenoxy) is 3. The third kappa shape index (κ3) is 11.8. The van der Waals surface area contributed by atoms with Crippen LogP contribution in [0.1, 0.15) is 66.1 Å². The molecule has 252 valence electrons. The molecule has 1 unspecified atom stereocenters. The first kappa shape index (κ1) is 35.5. The maximum absolute atomic E-state index is 12.9. The predicted octanol–water partition coefficient (Wildman–Crippen LogP) is 7.23. The van der Waals surface area contributed by atoms with Crippen molar-refractivity contribution in [3.05, 3.63) is 119 Å². The fourth-order valence-corrected chi connectivity index (χ4v) is 4.98. The van der Waals surface area contributed by atoms with Crippen molar-refractivity contribution in [2.45, 2.75) is 64.5 Å². The number of carboxylic acids is 1. The highest BCUT2D eigenvalue weighted by Gasteiger charge is 2.21. The van der Waals surface area contributed by atoms with Gasteiger partial charge in [0, 0.05) is 17.7 Å². The number of carboxylic acid groups (broad SMARTS) is 1. The van der Waals surface area contributed by atoms with Crippen molar-refractivity contribution < 1.29 is 33.7 Å². The number of rotatable bonds is 19. The van der Waals surface area contributed by atoms with E-state index < -0.39 is 17.9 Å². The summed E-state index contributed by atoms with van der Waals surface area (Å²) in [5.74, 6) is 0.335. The van der Waals surface area contributed by atoms with Crippen LogP contribution in [0.4, 0.5) is 5.69 Å². The third-order valence-corrected chi connectivity index (χ3v) is 7.77. The molecular weight excluding hydrogens is 608 g/mol. The van der Waals surface area contributed by atoms with E-state index >= 15 is 0 Å². The molecular formula is C39H44N2O7. The molecule has 0 fully saturated rings. The summed E-state index contributed by atoms with van der Waals surface area (Å²) in [6, 6.07) is 27.4. The number of unbranched alkanes of at least 4 members (excludes halogenated alkanes) is 4. The van der Waals surface area contributed by atoms with Gasteiger partial charge in [0.1, 0.15) is 29.9 Å². The van der Waals surface area contributed by atoms with Crippen molar-refractivity contribution in [3.8, 4) is 17.2 Å². The largest absolute Gasteiger partial charge is 0.497 e. The highest BCUT2D eigenvalue weighted by molar-refractivity contribution is 5.98. The number of hydrogen-bond donors (Lipinski definition) is 3. The lowest BCUT2D eigenvalue weighted by molar-refractivity contribution is -0.139. The van der Waals surface area contributed by atoms with E-state index in [4.69, 9.17) is 14.2 Å². The minimum atomic E-state index is -1.14. The van der Waals surface area contributed by atoms with Crippen LogP contribution in [0.5, 0.6) is 17.2 Å². The molecule has 0 saturated heterocycles. The van der Waals surface area contributed by atoms with Gasteiger partial charge < -0.3 is 30.0 Å². The minimum absolute atomic E-state index is 0.0981. The Balaban J connectivity index is 1.21. The summed E-state index contributed by atoms with van der Waals surface area (Å²) < 4.78 is 16.9. The zero-order valence-corrected chi connectivity index (χ0v) is 27.6. The molecule has 0 aromatic heterocycles. The van der Waals surface area contributed by atoms with Crippen molar-refractivity contribution in [2.24, 2.45) is 0 Å². The van der Waals surface area contributed by atoms with Crippen LogP contribution in [0.3, 0.4) is 0 Å². The first-order valence-corrected chi connectivity index (χ1v) is 16.3. The first-order chi connectivity index (χ1) is 23.3. The summed E-state index contributed by atoms with van der Waals surface area (Å²) >= 11 is 0. The predicted molar refractivity (Wildman–Crippen MR) is 186 cm³/mol. The molecule has 4 rings (SSSR count). The van der Waals surface area contributed by atoms with Gasteiger partial charge in [0.05, 0.1) is 20.1 Å². The van der Waals surface area contributed by atoms with Gasteiger partial charge in [-0.2, -0.15) is 0 Å². The number of aliphatic carboxylic acids is 1. The average Bonchev–Trinajstić information content (AvgIpc) is 3.10. The van der Waals surface area contributed by atoms with Crippen LogP contribution in [0.25, 0.3) is 0 Å². The van der Waals surface area contributed by atoms with E-state index in [1.807, 2.05) is 36.4 Å². The van der Waals surface area contributed by atoms with Crippen LogP contribution >= 0.6 is 0 Å². The van der Waals surface area contributed by atoms with E-state index in [1.165, 1.54) is 25.7 Å². The Morgan fingerprint density at radius 3 is 1.90 bits per heavy atom. The number of benzene rings is 4. The van der Waals surface area contributed by atoms with Crippen LogP contribution in [-0.4, -0.2) is 42.6 Å². The van der Waals surface area contributed by atoms with Crippen molar-refractivity contribution in [1.82, 2.24) is 5.32 Å². The standard InChI is InChI=1S/C39H44N2O7/c1-3-4-5-6-7-24-47-34-22-12-30(13-23-34)27-48-35-20-10-28(11-21-35)25-36(39(44)45)41-38(43)31-14-16-32(17-15-31)40-37(42)26-29-8-18-33(46-2)19-9-29/h8-23,36H,3-7,24-27H2,1-2H3,(H,40,42)(H,41,43)(H,44,45). The van der Waals surface area contributed by atoms with Gasteiger partial charge in [-0.05, 0) is 83.8 Å². The van der Waals surface area contributed by atoms with Crippen molar-refractivity contribution in [3.63, 3.8) is 0 Å². The van der Waals surface area contributed by atoms with Crippen LogP contribution < -0.4 is 24.8 Å². The maximum Gasteiger partial charge on any atom is 0.326 e. The summed E-state index contributed by atoms with van der Waals surface area (Å²) in [7, 11) is 1.58. The zero-order valence-electron chi connectivity index (χ0n) is 27.6. The van der Waals surface area contributed by atoms with E-state index in [9.17, 15) is 19.5 Å². The van der Waals surface area contributed by atoms with Crippen LogP contribution in [0.15, 0.2) is 97.1 Å². The third-order valence-electron chi connectivity index (χ3n) is 7.77. The number of nitrogens with one attached hydrogen (secondary N) is 2.